The van der Waals surface area contributed by atoms with Crippen molar-refractivity contribution in [3.63, 3.8) is 0 Å². The molecule has 1 saturated carbocycles. The van der Waals surface area contributed by atoms with Gasteiger partial charge in [0.15, 0.2) is 0 Å². The van der Waals surface area contributed by atoms with Crippen molar-refractivity contribution < 1.29 is 8.78 Å². The van der Waals surface area contributed by atoms with Gasteiger partial charge in [-0.1, -0.05) is 55.7 Å². The van der Waals surface area contributed by atoms with Crippen LogP contribution in [0.3, 0.4) is 0 Å². The second-order valence-corrected chi connectivity index (χ2v) is 11.3. The second kappa shape index (κ2) is 12.1. The van der Waals surface area contributed by atoms with Gasteiger partial charge < -0.3 is 10.6 Å². The lowest BCUT2D eigenvalue weighted by Gasteiger charge is -2.45. The summed E-state index contributed by atoms with van der Waals surface area (Å²) in [6.45, 7) is 5.68. The maximum atomic E-state index is 14.7. The van der Waals surface area contributed by atoms with Gasteiger partial charge in [0.1, 0.15) is 17.3 Å². The van der Waals surface area contributed by atoms with Crippen LogP contribution in [0.4, 0.5) is 14.5 Å². The van der Waals surface area contributed by atoms with Gasteiger partial charge in [0, 0.05) is 49.0 Å². The molecule has 2 fully saturated rings. The highest BCUT2D eigenvalue weighted by Crippen LogP contribution is 2.27. The van der Waals surface area contributed by atoms with Crippen molar-refractivity contribution in [3.05, 3.63) is 97.8 Å². The Hall–Kier alpha value is -3.30. The smallest absolute Gasteiger partial charge is 0.331 e. The van der Waals surface area contributed by atoms with E-state index in [4.69, 9.17) is 5.73 Å². The number of nitrogens with zero attached hydrogens (tertiary/aromatic N) is 4. The minimum atomic E-state index is -0.735. The summed E-state index contributed by atoms with van der Waals surface area (Å²) < 4.78 is 31.8. The summed E-state index contributed by atoms with van der Waals surface area (Å²) in [6.07, 6.45) is 6.20. The van der Waals surface area contributed by atoms with E-state index in [0.29, 0.717) is 24.0 Å². The summed E-state index contributed by atoms with van der Waals surface area (Å²) in [7, 11) is 0. The van der Waals surface area contributed by atoms with Crippen LogP contribution in [0.1, 0.15) is 61.9 Å². The molecule has 2 aliphatic rings. The molecule has 214 valence electrons. The van der Waals surface area contributed by atoms with Gasteiger partial charge in [-0.3, -0.25) is 18.8 Å². The average Bonchev–Trinajstić information content (AvgIpc) is 2.96. The normalized spacial score (nSPS) is 19.6. The number of hydrogen-bond donors (Lipinski definition) is 1. The molecular weight excluding hydrogens is 512 g/mol. The maximum absolute atomic E-state index is 14.7. The quantitative estimate of drug-likeness (QED) is 0.477. The Labute approximate surface area is 233 Å². The Morgan fingerprint density at radius 2 is 1.60 bits per heavy atom. The van der Waals surface area contributed by atoms with E-state index >= 15 is 0 Å². The molecule has 0 spiro atoms. The van der Waals surface area contributed by atoms with Crippen LogP contribution in [-0.2, 0) is 13.1 Å². The van der Waals surface area contributed by atoms with Gasteiger partial charge in [0.05, 0.1) is 13.1 Å². The molecule has 9 heteroatoms. The predicted molar refractivity (Wildman–Crippen MR) is 154 cm³/mol. The van der Waals surface area contributed by atoms with Crippen molar-refractivity contribution in [1.29, 1.82) is 0 Å². The third-order valence-corrected chi connectivity index (χ3v) is 8.68. The number of piperazine rings is 1. The first-order valence-corrected chi connectivity index (χ1v) is 14.3. The molecule has 2 unspecified atom stereocenters. The number of anilines is 1. The van der Waals surface area contributed by atoms with Crippen molar-refractivity contribution in [2.75, 3.05) is 24.5 Å². The highest BCUT2D eigenvalue weighted by molar-refractivity contribution is 5.51. The molecule has 5 rings (SSSR count). The summed E-state index contributed by atoms with van der Waals surface area (Å²) >= 11 is 0. The third-order valence-electron chi connectivity index (χ3n) is 8.68. The van der Waals surface area contributed by atoms with Crippen molar-refractivity contribution in [2.45, 2.75) is 77.2 Å². The van der Waals surface area contributed by atoms with Crippen LogP contribution in [0.25, 0.3) is 0 Å². The Morgan fingerprint density at radius 3 is 2.25 bits per heavy atom. The van der Waals surface area contributed by atoms with Crippen molar-refractivity contribution in [3.8, 4) is 0 Å². The molecule has 1 aliphatic carbocycles. The van der Waals surface area contributed by atoms with Gasteiger partial charge in [0.2, 0.25) is 0 Å². The molecular formula is C31H39F2N5O2. The first kappa shape index (κ1) is 28.2. The van der Waals surface area contributed by atoms with Crippen LogP contribution in [0.15, 0.2) is 58.1 Å². The molecule has 1 aliphatic heterocycles. The molecule has 0 bridgehead atoms. The van der Waals surface area contributed by atoms with E-state index in [2.05, 4.69) is 16.7 Å². The lowest BCUT2D eigenvalue weighted by molar-refractivity contribution is 0.131. The van der Waals surface area contributed by atoms with Crippen LogP contribution in [-0.4, -0.2) is 45.8 Å². The molecule has 7 nitrogen and oxygen atoms in total. The lowest BCUT2D eigenvalue weighted by atomic mass is 9.93. The van der Waals surface area contributed by atoms with Crippen molar-refractivity contribution >= 4 is 5.69 Å². The molecule has 1 aromatic heterocycles. The van der Waals surface area contributed by atoms with Gasteiger partial charge >= 0.3 is 5.69 Å². The standard InChI is InChI=1S/C31H39F2N5O2/c1-21-18-35(24-12-7-4-8-13-24)16-17-36(21)29-22(2)37(19-25-26(32)14-9-15-27(25)33)31(40)38(30(29)39)20-28(34)23-10-5-3-6-11-23/h3,5-6,9-11,14-15,21,24,28H,4,7-8,12-13,16-20,34H2,1-2H3. The molecule has 0 radical (unpaired) electrons. The summed E-state index contributed by atoms with van der Waals surface area (Å²) in [5.41, 5.74) is 6.78. The minimum Gasteiger partial charge on any atom is -0.360 e. The zero-order chi connectivity index (χ0) is 28.4. The Kier molecular flexibility index (Phi) is 8.51. The predicted octanol–water partition coefficient (Wildman–Crippen LogP) is 4.19. The highest BCUT2D eigenvalue weighted by atomic mass is 19.1. The third kappa shape index (κ3) is 5.63. The molecule has 0 amide bonds. The zero-order valence-corrected chi connectivity index (χ0v) is 23.4. The molecule has 1 saturated heterocycles. The first-order valence-electron chi connectivity index (χ1n) is 14.3. The fourth-order valence-electron chi connectivity index (χ4n) is 6.40. The fraction of sp³-hybridized carbons (Fsp3) is 0.484. The van der Waals surface area contributed by atoms with E-state index in [1.165, 1.54) is 54.9 Å². The number of halogens is 2. The number of rotatable bonds is 7. The van der Waals surface area contributed by atoms with Gasteiger partial charge in [-0.05, 0) is 44.4 Å². The van der Waals surface area contributed by atoms with Gasteiger partial charge in [0.25, 0.3) is 5.56 Å². The minimum absolute atomic E-state index is 0.0227. The molecule has 2 N–H and O–H groups in total. The topological polar surface area (TPSA) is 76.5 Å². The Morgan fingerprint density at radius 1 is 0.925 bits per heavy atom. The second-order valence-electron chi connectivity index (χ2n) is 11.3. The van der Waals surface area contributed by atoms with E-state index in [9.17, 15) is 18.4 Å². The van der Waals surface area contributed by atoms with Crippen LogP contribution in [0.5, 0.6) is 0 Å². The van der Waals surface area contributed by atoms with Crippen LogP contribution in [0.2, 0.25) is 0 Å². The molecule has 40 heavy (non-hydrogen) atoms. The number of hydrogen-bond acceptors (Lipinski definition) is 5. The maximum Gasteiger partial charge on any atom is 0.331 e. The molecule has 2 heterocycles. The Bertz CT molecular complexity index is 1430. The van der Waals surface area contributed by atoms with Crippen LogP contribution < -0.4 is 21.9 Å². The van der Waals surface area contributed by atoms with Gasteiger partial charge in [-0.15, -0.1) is 0 Å². The number of aromatic nitrogens is 2. The number of benzene rings is 2. The van der Waals surface area contributed by atoms with Gasteiger partial charge in [-0.25, -0.2) is 13.6 Å². The van der Waals surface area contributed by atoms with Crippen molar-refractivity contribution in [1.82, 2.24) is 14.0 Å². The first-order chi connectivity index (χ1) is 19.3. The lowest BCUT2D eigenvalue weighted by Crippen LogP contribution is -2.57. The summed E-state index contributed by atoms with van der Waals surface area (Å²) in [4.78, 5) is 32.4. The molecule has 3 aromatic rings. The van der Waals surface area contributed by atoms with Crippen LogP contribution in [0, 0.1) is 18.6 Å². The largest absolute Gasteiger partial charge is 0.360 e. The van der Waals surface area contributed by atoms with E-state index in [1.54, 1.807) is 6.92 Å². The molecule has 2 aromatic carbocycles. The summed E-state index contributed by atoms with van der Waals surface area (Å²) in [6, 6.07) is 12.9. The average molecular weight is 552 g/mol. The fourth-order valence-corrected chi connectivity index (χ4v) is 6.40. The van der Waals surface area contributed by atoms with E-state index < -0.39 is 28.9 Å². The molecule has 2 atom stereocenters. The monoisotopic (exact) mass is 551 g/mol. The Balaban J connectivity index is 1.56. The van der Waals surface area contributed by atoms with E-state index in [-0.39, 0.29) is 24.7 Å². The zero-order valence-electron chi connectivity index (χ0n) is 23.4. The van der Waals surface area contributed by atoms with E-state index in [1.807, 2.05) is 30.3 Å². The SMILES string of the molecule is Cc1c(N2CCN(C3CCCCC3)CC2C)c(=O)n(CC(N)c2ccccc2)c(=O)n1Cc1c(F)cccc1F. The van der Waals surface area contributed by atoms with Crippen molar-refractivity contribution in [2.24, 2.45) is 5.73 Å². The van der Waals surface area contributed by atoms with Crippen LogP contribution >= 0.6 is 0 Å². The number of nitrogens with two attached hydrogens (primary N) is 1. The highest BCUT2D eigenvalue weighted by Gasteiger charge is 2.33. The summed E-state index contributed by atoms with van der Waals surface area (Å²) in [5, 5.41) is 0. The van der Waals surface area contributed by atoms with Gasteiger partial charge in [-0.2, -0.15) is 0 Å². The summed E-state index contributed by atoms with van der Waals surface area (Å²) in [5.74, 6) is -1.47. The van der Waals surface area contributed by atoms with E-state index in [0.717, 1.165) is 23.2 Å².